The minimum absolute atomic E-state index is 0.400. The van der Waals surface area contributed by atoms with Crippen LogP contribution < -0.4 is 0 Å². The maximum Gasteiger partial charge on any atom is 0.267 e. The molecule has 110 valence electrons. The molecule has 0 bridgehead atoms. The van der Waals surface area contributed by atoms with Crippen LogP contribution in [-0.4, -0.2) is 22.8 Å². The van der Waals surface area contributed by atoms with Gasteiger partial charge in [0.05, 0.1) is 5.25 Å². The predicted octanol–water partition coefficient (Wildman–Crippen LogP) is 3.23. The van der Waals surface area contributed by atoms with Crippen molar-refractivity contribution in [3.8, 4) is 0 Å². The first-order chi connectivity index (χ1) is 9.23. The summed E-state index contributed by atoms with van der Waals surface area (Å²) >= 11 is 0. The van der Waals surface area contributed by atoms with Gasteiger partial charge in [-0.25, -0.2) is 0 Å². The molecule has 0 aliphatic carbocycles. The molecule has 1 heterocycles. The second kappa shape index (κ2) is 5.22. The number of aryl methyl sites for hydroxylation is 3. The lowest BCUT2D eigenvalue weighted by Gasteiger charge is -2.12. The fourth-order valence-electron chi connectivity index (χ4n) is 2.68. The Labute approximate surface area is 120 Å². The number of hydrogen-bond acceptors (Lipinski definition) is 2. The highest BCUT2D eigenvalue weighted by Gasteiger charge is 2.19. The molecule has 1 aromatic carbocycles. The average Bonchev–Trinajstić information content (AvgIpc) is 2.59. The van der Waals surface area contributed by atoms with Crippen molar-refractivity contribution in [1.29, 1.82) is 0 Å². The number of rotatable bonds is 4. The Hall–Kier alpha value is -1.33. The van der Waals surface area contributed by atoms with Gasteiger partial charge in [0.25, 0.3) is 10.1 Å². The van der Waals surface area contributed by atoms with E-state index in [1.165, 1.54) is 23.4 Å². The Morgan fingerprint density at radius 1 is 1.25 bits per heavy atom. The Kier molecular flexibility index (Phi) is 3.93. The summed E-state index contributed by atoms with van der Waals surface area (Å²) < 4.78 is 33.4. The average molecular weight is 295 g/mol. The Morgan fingerprint density at radius 2 is 1.90 bits per heavy atom. The molecule has 2 aromatic rings. The van der Waals surface area contributed by atoms with Gasteiger partial charge in [0, 0.05) is 23.1 Å². The monoisotopic (exact) mass is 295 g/mol. The number of fused-ring (bicyclic) bond motifs is 1. The highest BCUT2D eigenvalue weighted by molar-refractivity contribution is 7.86. The Morgan fingerprint density at radius 3 is 2.50 bits per heavy atom. The van der Waals surface area contributed by atoms with Gasteiger partial charge >= 0.3 is 0 Å². The zero-order chi connectivity index (χ0) is 15.1. The van der Waals surface area contributed by atoms with Gasteiger partial charge in [0.1, 0.15) is 0 Å². The maximum atomic E-state index is 11.1. The van der Waals surface area contributed by atoms with Crippen molar-refractivity contribution in [2.75, 3.05) is 0 Å². The molecule has 0 amide bonds. The summed E-state index contributed by atoms with van der Waals surface area (Å²) in [5.41, 5.74) is 4.74. The highest BCUT2D eigenvalue weighted by Crippen LogP contribution is 2.28. The molecule has 4 nitrogen and oxygen atoms in total. The molecule has 0 fully saturated rings. The first-order valence-electron chi connectivity index (χ1n) is 6.74. The van der Waals surface area contributed by atoms with Crippen LogP contribution in [0.1, 0.15) is 30.2 Å². The summed E-state index contributed by atoms with van der Waals surface area (Å²) in [6, 6.07) is 6.15. The van der Waals surface area contributed by atoms with Gasteiger partial charge in [-0.3, -0.25) is 4.55 Å². The fraction of sp³-hybridized carbons (Fsp3) is 0.467. The first kappa shape index (κ1) is 15.1. The van der Waals surface area contributed by atoms with Gasteiger partial charge in [-0.2, -0.15) is 8.42 Å². The molecule has 1 aromatic heterocycles. The third-order valence-corrected chi connectivity index (χ3v) is 5.38. The van der Waals surface area contributed by atoms with E-state index in [-0.39, 0.29) is 0 Å². The van der Waals surface area contributed by atoms with Crippen molar-refractivity contribution in [3.05, 3.63) is 35.0 Å². The van der Waals surface area contributed by atoms with Crippen molar-refractivity contribution in [2.45, 2.75) is 45.9 Å². The topological polar surface area (TPSA) is 59.3 Å². The lowest BCUT2D eigenvalue weighted by molar-refractivity contribution is 0.461. The Bertz CT molecular complexity index is 744. The quantitative estimate of drug-likeness (QED) is 0.881. The smallest absolute Gasteiger partial charge is 0.267 e. The second-order valence-corrected chi connectivity index (χ2v) is 7.28. The molecule has 0 radical (unpaired) electrons. The van der Waals surface area contributed by atoms with E-state index < -0.39 is 15.4 Å². The van der Waals surface area contributed by atoms with Crippen LogP contribution in [0.25, 0.3) is 10.9 Å². The zero-order valence-electron chi connectivity index (χ0n) is 12.3. The number of benzene rings is 1. The standard InChI is InChI=1S/C15H21NO3S/c1-10-6-5-7-14-15(10)12(3)13(4)16(14)9-8-11(2)20(17,18)19/h5-7,11H,8-9H2,1-4H3,(H,17,18,19). The number of hydrogen-bond donors (Lipinski definition) is 1. The molecule has 2 rings (SSSR count). The molecule has 0 saturated carbocycles. The number of aromatic nitrogens is 1. The summed E-state index contributed by atoms with van der Waals surface area (Å²) in [6.45, 7) is 8.34. The molecule has 20 heavy (non-hydrogen) atoms. The fourth-order valence-corrected chi connectivity index (χ4v) is 3.08. The van der Waals surface area contributed by atoms with Crippen molar-refractivity contribution in [2.24, 2.45) is 0 Å². The van der Waals surface area contributed by atoms with Crippen LogP contribution in [0.4, 0.5) is 0 Å². The van der Waals surface area contributed by atoms with Crippen molar-refractivity contribution >= 4 is 21.0 Å². The SMILES string of the molecule is Cc1cccc2c1c(C)c(C)n2CCC(C)S(=O)(=O)O. The number of nitrogens with zero attached hydrogens (tertiary/aromatic N) is 1. The van der Waals surface area contributed by atoms with Crippen molar-refractivity contribution < 1.29 is 13.0 Å². The van der Waals surface area contributed by atoms with Crippen LogP contribution in [0.2, 0.25) is 0 Å². The summed E-state index contributed by atoms with van der Waals surface area (Å²) in [5.74, 6) is 0. The van der Waals surface area contributed by atoms with Crippen LogP contribution in [0.5, 0.6) is 0 Å². The normalized spacial score (nSPS) is 13.8. The van der Waals surface area contributed by atoms with Crippen molar-refractivity contribution in [1.82, 2.24) is 4.57 Å². The second-order valence-electron chi connectivity index (χ2n) is 5.45. The minimum Gasteiger partial charge on any atom is -0.345 e. The predicted molar refractivity (Wildman–Crippen MR) is 81.8 cm³/mol. The van der Waals surface area contributed by atoms with Gasteiger partial charge < -0.3 is 4.57 Å². The van der Waals surface area contributed by atoms with Gasteiger partial charge in [-0.1, -0.05) is 12.1 Å². The molecular formula is C15H21NO3S. The van der Waals surface area contributed by atoms with Gasteiger partial charge in [-0.05, 0) is 51.3 Å². The molecule has 0 aliphatic heterocycles. The molecule has 1 atom stereocenters. The summed E-state index contributed by atoms with van der Waals surface area (Å²) in [6.07, 6.45) is 0.400. The third-order valence-electron chi connectivity index (χ3n) is 4.13. The van der Waals surface area contributed by atoms with Crippen LogP contribution in [0.3, 0.4) is 0 Å². The lowest BCUT2D eigenvalue weighted by atomic mass is 10.1. The molecule has 0 spiro atoms. The van der Waals surface area contributed by atoms with E-state index in [1.807, 2.05) is 13.0 Å². The summed E-state index contributed by atoms with van der Waals surface area (Å²) in [4.78, 5) is 0. The third kappa shape index (κ3) is 2.60. The molecule has 5 heteroatoms. The van der Waals surface area contributed by atoms with E-state index >= 15 is 0 Å². The molecule has 1 unspecified atom stereocenters. The van der Waals surface area contributed by atoms with Gasteiger partial charge in [-0.15, -0.1) is 0 Å². The molecule has 0 aliphatic rings. The van der Waals surface area contributed by atoms with Crippen LogP contribution >= 0.6 is 0 Å². The molecule has 0 saturated heterocycles. The van der Waals surface area contributed by atoms with E-state index in [9.17, 15) is 8.42 Å². The molecule has 1 N–H and O–H groups in total. The summed E-state index contributed by atoms with van der Waals surface area (Å²) in [5, 5.41) is 0.494. The van der Waals surface area contributed by atoms with Gasteiger partial charge in [0.15, 0.2) is 0 Å². The van der Waals surface area contributed by atoms with E-state index in [2.05, 4.69) is 30.5 Å². The molecular weight excluding hydrogens is 274 g/mol. The van der Waals surface area contributed by atoms with Crippen LogP contribution in [0, 0.1) is 20.8 Å². The van der Waals surface area contributed by atoms with E-state index in [0.717, 1.165) is 11.2 Å². The first-order valence-corrected chi connectivity index (χ1v) is 8.25. The lowest BCUT2D eigenvalue weighted by Crippen LogP contribution is -2.19. The Balaban J connectivity index is 2.41. The minimum atomic E-state index is -3.95. The van der Waals surface area contributed by atoms with E-state index in [0.29, 0.717) is 13.0 Å². The van der Waals surface area contributed by atoms with Gasteiger partial charge in [0.2, 0.25) is 0 Å². The van der Waals surface area contributed by atoms with E-state index in [4.69, 9.17) is 4.55 Å². The maximum absolute atomic E-state index is 11.1. The van der Waals surface area contributed by atoms with E-state index in [1.54, 1.807) is 0 Å². The van der Waals surface area contributed by atoms with Crippen LogP contribution in [-0.2, 0) is 16.7 Å². The van der Waals surface area contributed by atoms with Crippen molar-refractivity contribution in [3.63, 3.8) is 0 Å². The summed E-state index contributed by atoms with van der Waals surface area (Å²) in [7, 11) is -3.95. The zero-order valence-corrected chi connectivity index (χ0v) is 13.2. The van der Waals surface area contributed by atoms with Crippen LogP contribution in [0.15, 0.2) is 18.2 Å². The highest BCUT2D eigenvalue weighted by atomic mass is 32.2. The largest absolute Gasteiger partial charge is 0.345 e.